The minimum atomic E-state index is -1.04. The van der Waals surface area contributed by atoms with Crippen molar-refractivity contribution in [3.8, 4) is 16.9 Å². The molecule has 1 aliphatic rings. The third kappa shape index (κ3) is 4.34. The van der Waals surface area contributed by atoms with E-state index in [2.05, 4.69) is 10.3 Å². The summed E-state index contributed by atoms with van der Waals surface area (Å²) in [6.45, 7) is 0.449. The third-order valence-corrected chi connectivity index (χ3v) is 5.97. The Balaban J connectivity index is 1.82. The Hall–Kier alpha value is -3.68. The van der Waals surface area contributed by atoms with Crippen LogP contribution in [0.25, 0.3) is 22.0 Å². The summed E-state index contributed by atoms with van der Waals surface area (Å²) in [4.78, 5) is 40.7. The van der Waals surface area contributed by atoms with Gasteiger partial charge in [-0.1, -0.05) is 43.2 Å². The Kier molecular flexibility index (Phi) is 6.20. The summed E-state index contributed by atoms with van der Waals surface area (Å²) in [6, 6.07) is 10.8. The van der Waals surface area contributed by atoms with Crippen LogP contribution in [0.15, 0.2) is 47.4 Å². The van der Waals surface area contributed by atoms with Crippen LogP contribution in [0.4, 0.5) is 0 Å². The summed E-state index contributed by atoms with van der Waals surface area (Å²) < 4.78 is 1.66. The average Bonchev–Trinajstić information content (AvgIpc) is 3.29. The molecule has 1 amide bonds. The zero-order chi connectivity index (χ0) is 22.7. The van der Waals surface area contributed by atoms with Crippen molar-refractivity contribution in [2.24, 2.45) is 5.92 Å². The molecule has 1 aliphatic carbocycles. The second kappa shape index (κ2) is 9.21. The number of pyridine rings is 2. The van der Waals surface area contributed by atoms with Gasteiger partial charge in [-0.2, -0.15) is 0 Å². The monoisotopic (exact) mass is 435 g/mol. The molecule has 3 N–H and O–H groups in total. The predicted octanol–water partition coefficient (Wildman–Crippen LogP) is 3.16. The highest BCUT2D eigenvalue weighted by molar-refractivity contribution is 6.01. The summed E-state index contributed by atoms with van der Waals surface area (Å²) in [5.41, 5.74) is 1.28. The number of rotatable bonds is 7. The number of carbonyl (C=O) groups is 2. The third-order valence-electron chi connectivity index (χ3n) is 5.97. The van der Waals surface area contributed by atoms with Gasteiger partial charge in [-0.15, -0.1) is 0 Å². The van der Waals surface area contributed by atoms with E-state index >= 15 is 0 Å². The smallest absolute Gasteiger partial charge is 0.305 e. The quantitative estimate of drug-likeness (QED) is 0.524. The van der Waals surface area contributed by atoms with Crippen LogP contribution in [0.5, 0.6) is 5.75 Å². The number of hydrogen-bond donors (Lipinski definition) is 3. The number of aliphatic carboxylic acids is 1. The fourth-order valence-electron chi connectivity index (χ4n) is 4.31. The first-order valence-electron chi connectivity index (χ1n) is 10.8. The molecule has 32 heavy (non-hydrogen) atoms. The van der Waals surface area contributed by atoms with E-state index in [0.29, 0.717) is 28.9 Å². The van der Waals surface area contributed by atoms with E-state index in [-0.39, 0.29) is 30.0 Å². The molecule has 0 bridgehead atoms. The summed E-state index contributed by atoms with van der Waals surface area (Å²) >= 11 is 0. The largest absolute Gasteiger partial charge is 0.505 e. The van der Waals surface area contributed by atoms with E-state index < -0.39 is 11.9 Å². The summed E-state index contributed by atoms with van der Waals surface area (Å²) in [5.74, 6) is -1.65. The molecule has 1 aromatic carbocycles. The zero-order valence-corrected chi connectivity index (χ0v) is 17.6. The zero-order valence-electron chi connectivity index (χ0n) is 17.6. The Morgan fingerprint density at radius 3 is 2.56 bits per heavy atom. The van der Waals surface area contributed by atoms with Gasteiger partial charge in [0.1, 0.15) is 0 Å². The van der Waals surface area contributed by atoms with Gasteiger partial charge in [0.15, 0.2) is 11.4 Å². The molecular formula is C24H25N3O5. The fourth-order valence-corrected chi connectivity index (χ4v) is 4.31. The molecule has 0 saturated heterocycles. The molecule has 2 heterocycles. The van der Waals surface area contributed by atoms with Crippen LogP contribution in [0.3, 0.4) is 0 Å². The lowest BCUT2D eigenvalue weighted by atomic mass is 10.0. The van der Waals surface area contributed by atoms with E-state index in [1.165, 1.54) is 6.20 Å². The van der Waals surface area contributed by atoms with Crippen LogP contribution in [0.1, 0.15) is 42.6 Å². The van der Waals surface area contributed by atoms with Crippen molar-refractivity contribution in [1.29, 1.82) is 0 Å². The fraction of sp³-hybridized carbons (Fsp3) is 0.333. The lowest BCUT2D eigenvalue weighted by Crippen LogP contribution is -2.28. The van der Waals surface area contributed by atoms with Gasteiger partial charge in [-0.25, -0.2) is 4.98 Å². The van der Waals surface area contributed by atoms with Crippen LogP contribution < -0.4 is 10.9 Å². The van der Waals surface area contributed by atoms with E-state index in [0.717, 1.165) is 31.2 Å². The number of fused-ring (bicyclic) bond motifs is 1. The molecule has 0 radical (unpaired) electrons. The number of nitrogens with one attached hydrogen (secondary N) is 1. The first-order valence-corrected chi connectivity index (χ1v) is 10.8. The topological polar surface area (TPSA) is 122 Å². The normalized spacial score (nSPS) is 14.0. The number of amides is 1. The van der Waals surface area contributed by atoms with Crippen molar-refractivity contribution in [3.63, 3.8) is 0 Å². The van der Waals surface area contributed by atoms with Crippen LogP contribution in [0.2, 0.25) is 0 Å². The summed E-state index contributed by atoms with van der Waals surface area (Å²) in [6.07, 6.45) is 5.57. The number of hydrogen-bond acceptors (Lipinski definition) is 5. The van der Waals surface area contributed by atoms with Crippen molar-refractivity contribution < 1.29 is 19.8 Å². The molecule has 3 aromatic rings. The van der Waals surface area contributed by atoms with Crippen LogP contribution in [-0.4, -0.2) is 38.2 Å². The summed E-state index contributed by atoms with van der Waals surface area (Å²) in [7, 11) is 0. The maximum absolute atomic E-state index is 13.4. The molecule has 0 atom stereocenters. The molecule has 0 unspecified atom stereocenters. The van der Waals surface area contributed by atoms with Crippen molar-refractivity contribution >= 4 is 22.8 Å². The number of carbonyl (C=O) groups excluding carboxylic acids is 1. The molecule has 166 valence electrons. The SMILES string of the molecule is O=C(O)CCNC(=O)c1ncc2c(cc(-c3ccccc3)c(=O)n2CC2CCCC2)c1O. The van der Waals surface area contributed by atoms with Gasteiger partial charge in [0.25, 0.3) is 11.5 Å². The van der Waals surface area contributed by atoms with E-state index in [9.17, 15) is 19.5 Å². The molecule has 0 aliphatic heterocycles. The molecule has 1 fully saturated rings. The standard InChI is InChI=1S/C24H25N3O5/c28-20(29)10-11-25-23(31)21-22(30)18-12-17(16-8-2-1-3-9-16)24(32)27(19(18)13-26-21)14-15-6-4-5-7-15/h1-3,8-9,12-13,15,30H,4-7,10-11,14H2,(H,25,31)(H,28,29). The lowest BCUT2D eigenvalue weighted by Gasteiger charge is -2.18. The van der Waals surface area contributed by atoms with E-state index in [1.807, 2.05) is 30.3 Å². The van der Waals surface area contributed by atoms with Crippen molar-refractivity contribution in [3.05, 3.63) is 58.6 Å². The van der Waals surface area contributed by atoms with Gasteiger partial charge in [0, 0.05) is 24.0 Å². The van der Waals surface area contributed by atoms with Crippen LogP contribution >= 0.6 is 0 Å². The van der Waals surface area contributed by atoms with Crippen molar-refractivity contribution in [1.82, 2.24) is 14.9 Å². The number of aromatic nitrogens is 2. The number of aromatic hydroxyl groups is 1. The van der Waals surface area contributed by atoms with Gasteiger partial charge in [0.2, 0.25) is 0 Å². The molecule has 1 saturated carbocycles. The Morgan fingerprint density at radius 1 is 1.16 bits per heavy atom. The van der Waals surface area contributed by atoms with Gasteiger partial charge in [-0.3, -0.25) is 14.4 Å². The predicted molar refractivity (Wildman–Crippen MR) is 120 cm³/mol. The molecule has 2 aromatic heterocycles. The maximum Gasteiger partial charge on any atom is 0.305 e. The van der Waals surface area contributed by atoms with Crippen LogP contribution in [-0.2, 0) is 11.3 Å². The molecular weight excluding hydrogens is 410 g/mol. The lowest BCUT2D eigenvalue weighted by molar-refractivity contribution is -0.136. The number of carboxylic acids is 1. The molecule has 8 nitrogen and oxygen atoms in total. The van der Waals surface area contributed by atoms with E-state index in [4.69, 9.17) is 5.11 Å². The molecule has 0 spiro atoms. The number of nitrogens with zero attached hydrogens (tertiary/aromatic N) is 2. The minimum Gasteiger partial charge on any atom is -0.505 e. The number of carboxylic acid groups (broad SMARTS) is 1. The highest BCUT2D eigenvalue weighted by Crippen LogP contribution is 2.32. The maximum atomic E-state index is 13.4. The first-order chi connectivity index (χ1) is 15.5. The highest BCUT2D eigenvalue weighted by Gasteiger charge is 2.22. The second-order valence-corrected chi connectivity index (χ2v) is 8.14. The molecule has 8 heteroatoms. The highest BCUT2D eigenvalue weighted by atomic mass is 16.4. The van der Waals surface area contributed by atoms with Gasteiger partial charge >= 0.3 is 5.97 Å². The summed E-state index contributed by atoms with van der Waals surface area (Å²) in [5, 5.41) is 22.5. The van der Waals surface area contributed by atoms with Crippen molar-refractivity contribution in [2.75, 3.05) is 6.54 Å². The van der Waals surface area contributed by atoms with Gasteiger partial charge in [-0.05, 0) is 30.4 Å². The van der Waals surface area contributed by atoms with Crippen molar-refractivity contribution in [2.45, 2.75) is 38.6 Å². The van der Waals surface area contributed by atoms with Crippen LogP contribution in [0, 0.1) is 5.92 Å². The average molecular weight is 435 g/mol. The Morgan fingerprint density at radius 2 is 1.88 bits per heavy atom. The number of benzene rings is 1. The minimum absolute atomic E-state index is 0.0796. The second-order valence-electron chi connectivity index (χ2n) is 8.14. The Bertz CT molecular complexity index is 1210. The Labute approximate surface area is 184 Å². The van der Waals surface area contributed by atoms with E-state index in [1.54, 1.807) is 10.6 Å². The van der Waals surface area contributed by atoms with Gasteiger partial charge < -0.3 is 20.1 Å². The molecule has 4 rings (SSSR count). The van der Waals surface area contributed by atoms with Gasteiger partial charge in [0.05, 0.1) is 18.1 Å². The first kappa shape index (κ1) is 21.5.